The average molecular weight is 351 g/mol. The molecule has 24 heavy (non-hydrogen) atoms. The van der Waals surface area contributed by atoms with Gasteiger partial charge in [-0.05, 0) is 35.7 Å². The van der Waals surface area contributed by atoms with Crippen LogP contribution >= 0.6 is 11.3 Å². The molecule has 7 heteroatoms. The molecule has 0 atom stereocenters. The molecule has 128 valence electrons. The van der Waals surface area contributed by atoms with Crippen LogP contribution in [0.4, 0.5) is 4.39 Å². The van der Waals surface area contributed by atoms with Crippen LogP contribution in [0.5, 0.6) is 5.75 Å². The molecule has 1 aromatic carbocycles. The molecule has 0 bridgehead atoms. The zero-order chi connectivity index (χ0) is 17.2. The summed E-state index contributed by atoms with van der Waals surface area (Å²) in [5, 5.41) is 6.22. The molecule has 0 saturated carbocycles. The fourth-order valence-electron chi connectivity index (χ4n) is 1.81. The van der Waals surface area contributed by atoms with Crippen molar-refractivity contribution in [3.05, 3.63) is 52.5 Å². The Balaban J connectivity index is 1.50. The highest BCUT2D eigenvalue weighted by molar-refractivity contribution is 7.08. The van der Waals surface area contributed by atoms with E-state index >= 15 is 0 Å². The third-order valence-electron chi connectivity index (χ3n) is 3.03. The molecule has 1 heterocycles. The summed E-state index contributed by atoms with van der Waals surface area (Å²) >= 11 is 1.44. The SMILES string of the molecule is O=C(CCNC(=O)c1ccsc1)OCCCOc1ccc(F)cc1. The summed E-state index contributed by atoms with van der Waals surface area (Å²) in [5.41, 5.74) is 0.589. The Morgan fingerprint density at radius 1 is 1.12 bits per heavy atom. The predicted molar refractivity (Wildman–Crippen MR) is 88.7 cm³/mol. The number of ether oxygens (including phenoxy) is 2. The van der Waals surface area contributed by atoms with E-state index in [1.54, 1.807) is 11.4 Å². The van der Waals surface area contributed by atoms with Gasteiger partial charge in [0.2, 0.25) is 0 Å². The zero-order valence-electron chi connectivity index (χ0n) is 13.0. The lowest BCUT2D eigenvalue weighted by Gasteiger charge is -2.07. The van der Waals surface area contributed by atoms with Crippen molar-refractivity contribution >= 4 is 23.2 Å². The monoisotopic (exact) mass is 351 g/mol. The average Bonchev–Trinajstić information content (AvgIpc) is 3.11. The van der Waals surface area contributed by atoms with Crippen LogP contribution in [0.3, 0.4) is 0 Å². The first-order valence-corrected chi connectivity index (χ1v) is 8.44. The molecule has 0 fully saturated rings. The molecule has 0 aliphatic rings. The van der Waals surface area contributed by atoms with Gasteiger partial charge in [0.1, 0.15) is 11.6 Å². The van der Waals surface area contributed by atoms with Gasteiger partial charge in [0.25, 0.3) is 5.91 Å². The van der Waals surface area contributed by atoms with Gasteiger partial charge in [-0.15, -0.1) is 0 Å². The smallest absolute Gasteiger partial charge is 0.307 e. The Bertz CT molecular complexity index is 643. The summed E-state index contributed by atoms with van der Waals surface area (Å²) < 4.78 is 23.1. The molecule has 1 amide bonds. The molecule has 0 aliphatic heterocycles. The van der Waals surface area contributed by atoms with E-state index in [1.165, 1.54) is 35.6 Å². The number of rotatable bonds is 9. The molecule has 0 radical (unpaired) electrons. The zero-order valence-corrected chi connectivity index (χ0v) is 13.8. The van der Waals surface area contributed by atoms with Crippen molar-refractivity contribution in [2.45, 2.75) is 12.8 Å². The lowest BCUT2D eigenvalue weighted by molar-refractivity contribution is -0.143. The Morgan fingerprint density at radius 2 is 1.92 bits per heavy atom. The summed E-state index contributed by atoms with van der Waals surface area (Å²) in [5.74, 6) is -0.319. The highest BCUT2D eigenvalue weighted by Gasteiger charge is 2.07. The molecule has 5 nitrogen and oxygen atoms in total. The fourth-order valence-corrected chi connectivity index (χ4v) is 2.45. The van der Waals surface area contributed by atoms with E-state index < -0.39 is 0 Å². The number of halogens is 1. The van der Waals surface area contributed by atoms with Crippen molar-refractivity contribution < 1.29 is 23.5 Å². The summed E-state index contributed by atoms with van der Waals surface area (Å²) in [4.78, 5) is 23.2. The van der Waals surface area contributed by atoms with Crippen LogP contribution in [0, 0.1) is 5.82 Å². The Hall–Kier alpha value is -2.41. The fraction of sp³-hybridized carbons (Fsp3) is 0.294. The highest BCUT2D eigenvalue weighted by Crippen LogP contribution is 2.11. The number of amides is 1. The van der Waals surface area contributed by atoms with Crippen molar-refractivity contribution in [2.75, 3.05) is 19.8 Å². The second-order valence-corrected chi connectivity index (χ2v) is 5.67. The van der Waals surface area contributed by atoms with E-state index in [1.807, 2.05) is 5.38 Å². The van der Waals surface area contributed by atoms with Crippen LogP contribution in [0.1, 0.15) is 23.2 Å². The van der Waals surface area contributed by atoms with Gasteiger partial charge in [0.05, 0.1) is 19.6 Å². The van der Waals surface area contributed by atoms with Gasteiger partial charge < -0.3 is 14.8 Å². The lowest BCUT2D eigenvalue weighted by atomic mass is 10.3. The van der Waals surface area contributed by atoms with Crippen molar-refractivity contribution in [2.24, 2.45) is 0 Å². The molecule has 2 rings (SSSR count). The quantitative estimate of drug-likeness (QED) is 0.557. The molecule has 0 aliphatic carbocycles. The van der Waals surface area contributed by atoms with E-state index in [0.29, 0.717) is 24.3 Å². The first kappa shape index (κ1) is 17.9. The molecule has 0 unspecified atom stereocenters. The van der Waals surface area contributed by atoms with Crippen LogP contribution in [-0.4, -0.2) is 31.6 Å². The van der Waals surface area contributed by atoms with Crippen LogP contribution in [0.15, 0.2) is 41.1 Å². The first-order valence-electron chi connectivity index (χ1n) is 7.49. The maximum absolute atomic E-state index is 12.7. The van der Waals surface area contributed by atoms with Crippen molar-refractivity contribution in [1.82, 2.24) is 5.32 Å². The summed E-state index contributed by atoms with van der Waals surface area (Å²) in [6.45, 7) is 0.839. The third kappa shape index (κ3) is 6.37. The summed E-state index contributed by atoms with van der Waals surface area (Å²) in [7, 11) is 0. The second-order valence-electron chi connectivity index (χ2n) is 4.89. The van der Waals surface area contributed by atoms with Crippen LogP contribution in [-0.2, 0) is 9.53 Å². The topological polar surface area (TPSA) is 64.6 Å². The van der Waals surface area contributed by atoms with Gasteiger partial charge >= 0.3 is 5.97 Å². The third-order valence-corrected chi connectivity index (χ3v) is 3.72. The molecular formula is C17H18FNO4S. The van der Waals surface area contributed by atoms with Gasteiger partial charge in [0, 0.05) is 23.9 Å². The Morgan fingerprint density at radius 3 is 2.62 bits per heavy atom. The minimum Gasteiger partial charge on any atom is -0.493 e. The van der Waals surface area contributed by atoms with Crippen LogP contribution in [0.25, 0.3) is 0 Å². The first-order chi connectivity index (χ1) is 11.6. The number of hydrogen-bond donors (Lipinski definition) is 1. The molecular weight excluding hydrogens is 333 g/mol. The summed E-state index contributed by atoms with van der Waals surface area (Å²) in [6, 6.07) is 7.44. The van der Waals surface area contributed by atoms with Gasteiger partial charge in [-0.3, -0.25) is 9.59 Å². The van der Waals surface area contributed by atoms with Crippen molar-refractivity contribution in [1.29, 1.82) is 0 Å². The molecule has 1 N–H and O–H groups in total. The number of carbonyl (C=O) groups excluding carboxylic acids is 2. The second kappa shape index (κ2) is 9.67. The largest absolute Gasteiger partial charge is 0.493 e. The van der Waals surface area contributed by atoms with E-state index in [2.05, 4.69) is 5.32 Å². The molecule has 0 spiro atoms. The minimum atomic E-state index is -0.373. The number of nitrogens with one attached hydrogen (secondary N) is 1. The molecule has 2 aromatic rings. The Kier molecular flexibility index (Phi) is 7.22. The normalized spacial score (nSPS) is 10.2. The number of benzene rings is 1. The van der Waals surface area contributed by atoms with E-state index in [0.717, 1.165) is 0 Å². The van der Waals surface area contributed by atoms with Crippen molar-refractivity contribution in [3.63, 3.8) is 0 Å². The van der Waals surface area contributed by atoms with Crippen molar-refractivity contribution in [3.8, 4) is 5.75 Å². The standard InChI is InChI=1S/C17H18FNO4S/c18-14-2-4-15(5-3-14)22-9-1-10-23-16(20)6-8-19-17(21)13-7-11-24-12-13/h2-5,7,11-12H,1,6,8-10H2,(H,19,21). The van der Waals surface area contributed by atoms with E-state index in [9.17, 15) is 14.0 Å². The van der Waals surface area contributed by atoms with E-state index in [4.69, 9.17) is 9.47 Å². The predicted octanol–water partition coefficient (Wildman–Crippen LogP) is 3.02. The molecule has 1 aromatic heterocycles. The number of carbonyl (C=O) groups is 2. The lowest BCUT2D eigenvalue weighted by Crippen LogP contribution is -2.26. The number of thiophene rings is 1. The maximum atomic E-state index is 12.7. The maximum Gasteiger partial charge on any atom is 0.307 e. The van der Waals surface area contributed by atoms with Gasteiger partial charge in [-0.2, -0.15) is 11.3 Å². The molecule has 0 saturated heterocycles. The van der Waals surface area contributed by atoms with Gasteiger partial charge in [-0.1, -0.05) is 0 Å². The number of hydrogen-bond acceptors (Lipinski definition) is 5. The van der Waals surface area contributed by atoms with Crippen LogP contribution < -0.4 is 10.1 Å². The van der Waals surface area contributed by atoms with E-state index in [-0.39, 0.29) is 37.3 Å². The van der Waals surface area contributed by atoms with Gasteiger partial charge in [0.15, 0.2) is 0 Å². The Labute approximate surface area is 143 Å². The minimum absolute atomic E-state index is 0.120. The summed E-state index contributed by atoms with van der Waals surface area (Å²) in [6.07, 6.45) is 0.652. The number of esters is 1. The van der Waals surface area contributed by atoms with Crippen LogP contribution in [0.2, 0.25) is 0 Å². The van der Waals surface area contributed by atoms with Gasteiger partial charge in [-0.25, -0.2) is 4.39 Å². The highest BCUT2D eigenvalue weighted by atomic mass is 32.1.